The molecule has 0 aromatic heterocycles. The van der Waals surface area contributed by atoms with Gasteiger partial charge in [-0.05, 0) is 0 Å². The first kappa shape index (κ1) is 23.2. The maximum Gasteiger partial charge on any atom is 1.00 e. The van der Waals surface area contributed by atoms with Crippen molar-refractivity contribution in [2.75, 3.05) is 0 Å². The van der Waals surface area contributed by atoms with Crippen molar-refractivity contribution in [2.24, 2.45) is 0 Å². The van der Waals surface area contributed by atoms with Gasteiger partial charge in [-0.3, -0.25) is 4.55 Å². The largest absolute Gasteiger partial charge is 1.00 e. The molecule has 0 aromatic carbocycles. The van der Waals surface area contributed by atoms with Crippen LogP contribution in [0.5, 0.6) is 0 Å². The third kappa shape index (κ3) is 257. The fourth-order valence-electron chi connectivity index (χ4n) is 0. The van der Waals surface area contributed by atoms with Crippen LogP contribution in [-0.2, 0) is 10.4 Å². The van der Waals surface area contributed by atoms with Gasteiger partial charge < -0.3 is 17.1 Å². The van der Waals surface area contributed by atoms with E-state index in [-0.39, 0.29) is 59.1 Å². The molecule has 11 heteroatoms. The predicted octanol–water partition coefficient (Wildman–Crippen LogP) is -10.6. The van der Waals surface area contributed by atoms with E-state index in [1.54, 1.807) is 0 Å². The molecule has 0 unspecified atom stereocenters. The van der Waals surface area contributed by atoms with Crippen molar-refractivity contribution >= 4 is 10.4 Å². The smallest absolute Gasteiger partial charge is 0.726 e. The summed E-state index contributed by atoms with van der Waals surface area (Å²) in [5, 5.41) is 0. The van der Waals surface area contributed by atoms with Gasteiger partial charge in [-0.2, -0.15) is 0 Å². The molecule has 0 aliphatic heterocycles. The van der Waals surface area contributed by atoms with Gasteiger partial charge in [0.2, 0.25) is 25.2 Å². The van der Waals surface area contributed by atoms with Crippen LogP contribution in [0.4, 0.5) is 0 Å². The standard InChI is InChI=1S/BrO3.2Na.H2O4S/c2-1(3)4;;;1-5(2,3)4/h;;;(H2,1,2,3,4)/q-1;2*+1;/p-1. The summed E-state index contributed by atoms with van der Waals surface area (Å²) in [7, 11) is -4.92. The van der Waals surface area contributed by atoms with E-state index in [2.05, 4.69) is 0 Å². The Morgan fingerprint density at radius 3 is 1.09 bits per heavy atom. The molecule has 11 heavy (non-hydrogen) atoms. The van der Waals surface area contributed by atoms with E-state index < -0.39 is 25.2 Å². The van der Waals surface area contributed by atoms with Crippen LogP contribution in [0.3, 0.4) is 0 Å². The van der Waals surface area contributed by atoms with Crippen molar-refractivity contribution in [1.82, 2.24) is 0 Å². The van der Waals surface area contributed by atoms with Crippen LogP contribution < -0.4 is 71.7 Å². The molecule has 0 amide bonds. The third-order valence-corrected chi connectivity index (χ3v) is 0. The minimum absolute atomic E-state index is 0. The Bertz CT molecular complexity index is 128. The van der Waals surface area contributed by atoms with Crippen LogP contribution in [0.15, 0.2) is 0 Å². The van der Waals surface area contributed by atoms with Gasteiger partial charge in [-0.1, -0.05) is 0 Å². The summed E-state index contributed by atoms with van der Waals surface area (Å²) in [6, 6.07) is 0. The van der Waals surface area contributed by atoms with Gasteiger partial charge in [0.05, 0.1) is 0 Å². The molecule has 0 aliphatic carbocycles. The van der Waals surface area contributed by atoms with Crippen LogP contribution in [0.1, 0.15) is 0 Å². The minimum atomic E-state index is -4.92. The maximum absolute atomic E-state index is 8.63. The van der Waals surface area contributed by atoms with Gasteiger partial charge in [-0.15, -0.1) is 0 Å². The Morgan fingerprint density at radius 2 is 1.09 bits per heavy atom. The van der Waals surface area contributed by atoms with Crippen LogP contribution in [-0.4, -0.2) is 17.5 Å². The number of hydrogen-bond acceptors (Lipinski definition) is 6. The first-order valence-electron chi connectivity index (χ1n) is 1.15. The molecule has 7 nitrogen and oxygen atoms in total. The van der Waals surface area contributed by atoms with Gasteiger partial charge >= 0.3 is 59.1 Å². The quantitative estimate of drug-likeness (QED) is 0.261. The molecule has 58 valence electrons. The van der Waals surface area contributed by atoms with Gasteiger partial charge in [0.15, 0.2) is 0 Å². The summed E-state index contributed by atoms with van der Waals surface area (Å²) in [4.78, 5) is 0. The second-order valence-electron chi connectivity index (χ2n) is 0.617. The summed E-state index contributed by atoms with van der Waals surface area (Å²) in [6.07, 6.45) is 0. The number of rotatable bonds is 0. The average Bonchev–Trinajstić information content (AvgIpc) is 1.19. The van der Waals surface area contributed by atoms with E-state index in [0.717, 1.165) is 0 Å². The molecular formula is HBrNa2O7S. The van der Waals surface area contributed by atoms with Crippen molar-refractivity contribution in [1.29, 1.82) is 0 Å². The van der Waals surface area contributed by atoms with E-state index >= 15 is 0 Å². The normalized spacial score (nSPS) is 8.55. The topological polar surface area (TPSA) is 147 Å². The predicted molar refractivity (Wildman–Crippen MR) is 12.3 cm³/mol. The first-order valence-corrected chi connectivity index (χ1v) is 4.45. The maximum atomic E-state index is 8.63. The van der Waals surface area contributed by atoms with E-state index in [1.807, 2.05) is 0 Å². The Balaban J connectivity index is -0.0000000383. The second kappa shape index (κ2) is 12.2. The molecule has 0 bridgehead atoms. The molecule has 0 spiro atoms. The summed E-state index contributed by atoms with van der Waals surface area (Å²) >= 11 is -3.65. The van der Waals surface area contributed by atoms with Crippen molar-refractivity contribution < 1.29 is 104 Å². The van der Waals surface area contributed by atoms with Gasteiger partial charge in [0.25, 0.3) is 0 Å². The molecule has 0 radical (unpaired) electrons. The van der Waals surface area contributed by atoms with Crippen LogP contribution in [0.25, 0.3) is 0 Å². The fourth-order valence-corrected chi connectivity index (χ4v) is 0. The molecule has 0 saturated heterocycles. The Kier molecular flexibility index (Phi) is 25.8. The zero-order valence-corrected chi connectivity index (χ0v) is 12.1. The van der Waals surface area contributed by atoms with E-state index in [1.165, 1.54) is 0 Å². The van der Waals surface area contributed by atoms with E-state index in [9.17, 15) is 0 Å². The average molecular weight is 271 g/mol. The Hall–Kier alpha value is 2.23. The monoisotopic (exact) mass is 270 g/mol. The Morgan fingerprint density at radius 1 is 1.09 bits per heavy atom. The van der Waals surface area contributed by atoms with Crippen LogP contribution in [0.2, 0.25) is 0 Å². The summed E-state index contributed by atoms with van der Waals surface area (Å²) in [6.45, 7) is 0. The van der Waals surface area contributed by atoms with Crippen molar-refractivity contribution in [3.05, 3.63) is 0 Å². The summed E-state index contributed by atoms with van der Waals surface area (Å²) in [5.74, 6) is 0. The second-order valence-corrected chi connectivity index (χ2v) is 2.27. The first-order chi connectivity index (χ1) is 3.73. The SMILES string of the molecule is O=S(=O)([O-])O.[Na+].[Na+].[O-][Br+2]([O-])[O-]. The molecule has 0 atom stereocenters. The van der Waals surface area contributed by atoms with Gasteiger partial charge in [0.1, 0.15) is 0 Å². The van der Waals surface area contributed by atoms with E-state index in [4.69, 9.17) is 30.1 Å². The molecule has 0 fully saturated rings. The van der Waals surface area contributed by atoms with Gasteiger partial charge in [0, 0.05) is 0 Å². The van der Waals surface area contributed by atoms with Crippen LogP contribution >= 0.6 is 0 Å². The fraction of sp³-hybridized carbons (Fsp3) is 0. The van der Waals surface area contributed by atoms with Crippen molar-refractivity contribution in [3.8, 4) is 0 Å². The number of hydrogen-bond donors (Lipinski definition) is 1. The number of halogens is 1. The molecule has 0 aliphatic rings. The molecule has 0 rings (SSSR count). The van der Waals surface area contributed by atoms with Crippen LogP contribution in [0, 0.1) is 14.8 Å². The Labute approximate surface area is 113 Å². The van der Waals surface area contributed by atoms with Crippen molar-refractivity contribution in [2.45, 2.75) is 0 Å². The van der Waals surface area contributed by atoms with Gasteiger partial charge in [-0.25, -0.2) is 8.42 Å². The molecule has 0 heterocycles. The molecule has 1 N–H and O–H groups in total. The van der Waals surface area contributed by atoms with E-state index in [0.29, 0.717) is 0 Å². The summed E-state index contributed by atoms with van der Waals surface area (Å²) in [5.41, 5.74) is 0. The molecule has 0 saturated carbocycles. The minimum Gasteiger partial charge on any atom is -0.726 e. The molecule has 0 aromatic rings. The third-order valence-electron chi connectivity index (χ3n) is 0. The zero-order chi connectivity index (χ0) is 8.08. The molecular weight excluding hydrogens is 270 g/mol. The summed E-state index contributed by atoms with van der Waals surface area (Å²) < 4.78 is 58.4. The van der Waals surface area contributed by atoms with Crippen molar-refractivity contribution in [3.63, 3.8) is 0 Å². The zero-order valence-electron chi connectivity index (χ0n) is 5.68.